The SMILES string of the molecule is CCOc1ccc(-c2ccccc2OC(=O)Oc2ccccc2-c2ccc(OCC)c3ccccc23)c2ccccc12. The second-order valence-electron chi connectivity index (χ2n) is 9.63. The smallest absolute Gasteiger partial charge is 0.493 e. The molecular formula is C37H30O5. The molecule has 0 aliphatic rings. The van der Waals surface area contributed by atoms with E-state index in [1.54, 1.807) is 12.1 Å². The highest BCUT2D eigenvalue weighted by Gasteiger charge is 2.18. The normalized spacial score (nSPS) is 10.9. The van der Waals surface area contributed by atoms with Crippen molar-refractivity contribution in [2.75, 3.05) is 13.2 Å². The molecule has 0 saturated heterocycles. The van der Waals surface area contributed by atoms with Crippen molar-refractivity contribution >= 4 is 27.7 Å². The van der Waals surface area contributed by atoms with Gasteiger partial charge in [0.25, 0.3) is 0 Å². The number of benzene rings is 6. The molecule has 42 heavy (non-hydrogen) atoms. The average molecular weight is 555 g/mol. The van der Waals surface area contributed by atoms with E-state index in [2.05, 4.69) is 0 Å². The summed E-state index contributed by atoms with van der Waals surface area (Å²) >= 11 is 0. The van der Waals surface area contributed by atoms with E-state index in [0.717, 1.165) is 55.3 Å². The number of ether oxygens (including phenoxy) is 4. The molecule has 0 amide bonds. The molecule has 0 aromatic heterocycles. The highest BCUT2D eigenvalue weighted by molar-refractivity contribution is 6.02. The van der Waals surface area contributed by atoms with Crippen molar-refractivity contribution in [2.24, 2.45) is 0 Å². The Hall–Kier alpha value is -5.29. The fourth-order valence-electron chi connectivity index (χ4n) is 5.33. The van der Waals surface area contributed by atoms with Crippen LogP contribution >= 0.6 is 0 Å². The minimum absolute atomic E-state index is 0.404. The van der Waals surface area contributed by atoms with Crippen LogP contribution in [-0.2, 0) is 0 Å². The zero-order valence-corrected chi connectivity index (χ0v) is 23.5. The van der Waals surface area contributed by atoms with Crippen molar-refractivity contribution < 1.29 is 23.7 Å². The molecule has 6 rings (SSSR count). The van der Waals surface area contributed by atoms with Gasteiger partial charge in [-0.15, -0.1) is 0 Å². The summed E-state index contributed by atoms with van der Waals surface area (Å²) in [4.78, 5) is 13.3. The Morgan fingerprint density at radius 3 is 1.24 bits per heavy atom. The Morgan fingerprint density at radius 1 is 0.429 bits per heavy atom. The molecule has 0 radical (unpaired) electrons. The second-order valence-corrected chi connectivity index (χ2v) is 9.63. The summed E-state index contributed by atoms with van der Waals surface area (Å²) in [5.74, 6) is 2.43. The Balaban J connectivity index is 1.33. The van der Waals surface area contributed by atoms with Crippen LogP contribution in [0.2, 0.25) is 0 Å². The van der Waals surface area contributed by atoms with Crippen molar-refractivity contribution in [3.8, 4) is 45.3 Å². The minimum atomic E-state index is -0.819. The van der Waals surface area contributed by atoms with E-state index >= 15 is 0 Å². The van der Waals surface area contributed by atoms with Gasteiger partial charge < -0.3 is 18.9 Å². The standard InChI is InChI=1S/C37H30O5/c1-3-39-33-23-21-27(25-13-5-7-15-29(25)33)31-17-9-11-19-35(31)41-37(38)42-36-20-12-10-18-32(36)28-22-24-34(40-4-2)30-16-8-6-14-26(28)30/h5-24H,3-4H2,1-2H3. The third-order valence-electron chi connectivity index (χ3n) is 7.11. The van der Waals surface area contributed by atoms with Crippen molar-refractivity contribution in [1.29, 1.82) is 0 Å². The summed E-state index contributed by atoms with van der Waals surface area (Å²) in [6, 6.07) is 38.9. The van der Waals surface area contributed by atoms with E-state index in [1.807, 2.05) is 123 Å². The molecular weight excluding hydrogens is 524 g/mol. The molecule has 0 saturated carbocycles. The summed E-state index contributed by atoms with van der Waals surface area (Å²) in [6.45, 7) is 5.08. The number of hydrogen-bond acceptors (Lipinski definition) is 5. The monoisotopic (exact) mass is 554 g/mol. The highest BCUT2D eigenvalue weighted by atomic mass is 16.7. The van der Waals surface area contributed by atoms with Gasteiger partial charge in [0, 0.05) is 21.9 Å². The number of fused-ring (bicyclic) bond motifs is 2. The molecule has 6 aromatic carbocycles. The van der Waals surface area contributed by atoms with E-state index in [1.165, 1.54) is 0 Å². The number of carbonyl (C=O) groups excluding carboxylic acids is 1. The van der Waals surface area contributed by atoms with E-state index in [-0.39, 0.29) is 0 Å². The van der Waals surface area contributed by atoms with Crippen LogP contribution in [0.3, 0.4) is 0 Å². The van der Waals surface area contributed by atoms with Crippen LogP contribution in [0.1, 0.15) is 13.8 Å². The zero-order chi connectivity index (χ0) is 28.9. The molecule has 0 spiro atoms. The van der Waals surface area contributed by atoms with Crippen LogP contribution in [0.5, 0.6) is 23.0 Å². The van der Waals surface area contributed by atoms with Gasteiger partial charge in [0.2, 0.25) is 0 Å². The Morgan fingerprint density at radius 2 is 0.810 bits per heavy atom. The van der Waals surface area contributed by atoms with Crippen molar-refractivity contribution in [1.82, 2.24) is 0 Å². The molecule has 0 aliphatic heterocycles. The molecule has 5 heteroatoms. The van der Waals surface area contributed by atoms with Crippen molar-refractivity contribution in [3.05, 3.63) is 121 Å². The number of rotatable bonds is 8. The highest BCUT2D eigenvalue weighted by Crippen LogP contribution is 2.40. The minimum Gasteiger partial charge on any atom is -0.493 e. The Bertz CT molecular complexity index is 1750. The van der Waals surface area contributed by atoms with E-state index in [9.17, 15) is 4.79 Å². The quantitative estimate of drug-likeness (QED) is 0.138. The maximum Gasteiger partial charge on any atom is 0.519 e. The molecule has 5 nitrogen and oxygen atoms in total. The summed E-state index contributed by atoms with van der Waals surface area (Å²) in [7, 11) is 0. The average Bonchev–Trinajstić information content (AvgIpc) is 3.02. The lowest BCUT2D eigenvalue weighted by atomic mass is 9.97. The lowest BCUT2D eigenvalue weighted by Crippen LogP contribution is -2.14. The number of para-hydroxylation sites is 2. The topological polar surface area (TPSA) is 54.0 Å². The molecule has 208 valence electrons. The van der Waals surface area contributed by atoms with E-state index in [4.69, 9.17) is 18.9 Å². The second kappa shape index (κ2) is 12.1. The summed E-state index contributed by atoms with van der Waals surface area (Å²) < 4.78 is 23.4. The predicted octanol–water partition coefficient (Wildman–Crippen LogP) is 9.70. The maximum absolute atomic E-state index is 13.3. The molecule has 0 unspecified atom stereocenters. The summed E-state index contributed by atoms with van der Waals surface area (Å²) in [5, 5.41) is 3.98. The largest absolute Gasteiger partial charge is 0.519 e. The zero-order valence-electron chi connectivity index (χ0n) is 23.5. The molecule has 0 aliphatic carbocycles. The lowest BCUT2D eigenvalue weighted by molar-refractivity contribution is 0.152. The number of carbonyl (C=O) groups is 1. The molecule has 0 atom stereocenters. The van der Waals surface area contributed by atoms with E-state index < -0.39 is 6.16 Å². The first-order chi connectivity index (χ1) is 20.7. The third kappa shape index (κ3) is 5.25. The fraction of sp³-hybridized carbons (Fsp3) is 0.108. The molecule has 0 heterocycles. The third-order valence-corrected chi connectivity index (χ3v) is 7.11. The lowest BCUT2D eigenvalue weighted by Gasteiger charge is -2.16. The first-order valence-corrected chi connectivity index (χ1v) is 14.1. The van der Waals surface area contributed by atoms with Gasteiger partial charge in [-0.2, -0.15) is 0 Å². The fourth-order valence-corrected chi connectivity index (χ4v) is 5.33. The van der Waals surface area contributed by atoms with Gasteiger partial charge in [-0.25, -0.2) is 4.79 Å². The van der Waals surface area contributed by atoms with Gasteiger partial charge in [0.05, 0.1) is 13.2 Å². The van der Waals surface area contributed by atoms with Crippen molar-refractivity contribution in [3.63, 3.8) is 0 Å². The molecule has 0 N–H and O–H groups in total. The molecule has 0 bridgehead atoms. The van der Waals surface area contributed by atoms with Gasteiger partial charge in [0.15, 0.2) is 0 Å². The Labute approximate surface area is 244 Å². The summed E-state index contributed by atoms with van der Waals surface area (Å²) in [5.41, 5.74) is 3.41. The van der Waals surface area contributed by atoms with Crippen molar-refractivity contribution in [2.45, 2.75) is 13.8 Å². The predicted molar refractivity (Wildman–Crippen MR) is 168 cm³/mol. The van der Waals surface area contributed by atoms with Crippen LogP contribution in [0, 0.1) is 0 Å². The van der Waals surface area contributed by atoms with Crippen LogP contribution in [0.4, 0.5) is 4.79 Å². The first-order valence-electron chi connectivity index (χ1n) is 14.1. The van der Waals surface area contributed by atoms with Gasteiger partial charge >= 0.3 is 6.16 Å². The van der Waals surface area contributed by atoms with Gasteiger partial charge in [-0.05, 0) is 72.1 Å². The Kier molecular flexibility index (Phi) is 7.73. The van der Waals surface area contributed by atoms with Crippen LogP contribution < -0.4 is 18.9 Å². The van der Waals surface area contributed by atoms with E-state index in [0.29, 0.717) is 24.7 Å². The van der Waals surface area contributed by atoms with Crippen LogP contribution in [-0.4, -0.2) is 19.4 Å². The van der Waals surface area contributed by atoms with Gasteiger partial charge in [0.1, 0.15) is 23.0 Å². The summed E-state index contributed by atoms with van der Waals surface area (Å²) in [6.07, 6.45) is -0.819. The molecule has 0 fully saturated rings. The number of hydrogen-bond donors (Lipinski definition) is 0. The maximum atomic E-state index is 13.3. The first kappa shape index (κ1) is 26.9. The van der Waals surface area contributed by atoms with Crippen LogP contribution in [0.15, 0.2) is 121 Å². The molecule has 6 aromatic rings. The van der Waals surface area contributed by atoms with Gasteiger partial charge in [-0.3, -0.25) is 0 Å². The van der Waals surface area contributed by atoms with Crippen LogP contribution in [0.25, 0.3) is 43.8 Å². The van der Waals surface area contributed by atoms with Gasteiger partial charge in [-0.1, -0.05) is 84.9 Å².